The number of thiophene rings is 1. The van der Waals surface area contributed by atoms with Gasteiger partial charge in [0, 0.05) is 85.0 Å². The number of likely N-dealkylation sites (N-methyl/N-ethyl adjacent to an activating group) is 1. The number of rotatable bonds is 21. The molecule has 446 valence electrons. The second kappa shape index (κ2) is 26.8. The highest BCUT2D eigenvalue weighted by molar-refractivity contribution is 7.15. The van der Waals surface area contributed by atoms with Crippen molar-refractivity contribution >= 4 is 80.9 Å². The fraction of sp³-hybridized carbons (Fsp3) is 0.441. The number of amides is 6. The Labute approximate surface area is 493 Å². The van der Waals surface area contributed by atoms with Crippen molar-refractivity contribution in [1.82, 2.24) is 44.7 Å². The number of piperazine rings is 1. The average Bonchev–Trinajstić information content (AvgIpc) is 4.10. The maximum atomic E-state index is 14.8. The summed E-state index contributed by atoms with van der Waals surface area (Å²) in [5, 5.41) is 28.5. The number of nitrogens with one attached hydrogen (secondary N) is 3. The van der Waals surface area contributed by atoms with E-state index in [1.807, 2.05) is 35.8 Å². The first-order valence-corrected chi connectivity index (χ1v) is 29.1. The van der Waals surface area contributed by atoms with E-state index in [2.05, 4.69) is 40.0 Å². The zero-order chi connectivity index (χ0) is 59.9. The molecule has 1 aliphatic carbocycles. The normalized spacial score (nSPS) is 16.0. The minimum atomic E-state index is -1.28. The van der Waals surface area contributed by atoms with Crippen LogP contribution in [0.25, 0.3) is 15.9 Å². The Morgan fingerprint density at radius 2 is 1.51 bits per heavy atom. The molecule has 2 fully saturated rings. The van der Waals surface area contributed by atoms with E-state index >= 15 is 0 Å². The third-order valence-corrected chi connectivity index (χ3v) is 17.2. The van der Waals surface area contributed by atoms with E-state index < -0.39 is 53.6 Å². The number of fused-ring (bicyclic) bond motifs is 4. The van der Waals surface area contributed by atoms with Gasteiger partial charge in [0.25, 0.3) is 11.8 Å². The lowest BCUT2D eigenvalue weighted by atomic mass is 9.83. The number of carboxylic acid groups (broad SMARTS) is 1. The van der Waals surface area contributed by atoms with Gasteiger partial charge >= 0.3 is 6.09 Å². The summed E-state index contributed by atoms with van der Waals surface area (Å²) in [6, 6.07) is 13.7. The number of ether oxygens (including phenoxy) is 3. The molecule has 3 atom stereocenters. The number of aromatic nitrogens is 4. The minimum absolute atomic E-state index is 0.00888. The van der Waals surface area contributed by atoms with Crippen molar-refractivity contribution in [2.24, 2.45) is 18.0 Å². The van der Waals surface area contributed by atoms with E-state index in [1.54, 1.807) is 40.5 Å². The number of halogens is 3. The molecule has 6 aromatic rings. The number of aryl methyl sites for hydroxylation is 3. The molecule has 21 nitrogen and oxygen atoms in total. The maximum absolute atomic E-state index is 14.8. The number of anilines is 1. The van der Waals surface area contributed by atoms with Crippen LogP contribution >= 0.6 is 22.9 Å². The van der Waals surface area contributed by atoms with Gasteiger partial charge in [0.2, 0.25) is 17.7 Å². The van der Waals surface area contributed by atoms with E-state index in [-0.39, 0.29) is 112 Å². The molecule has 6 amide bonds. The predicted octanol–water partition coefficient (Wildman–Crippen LogP) is 7.79. The van der Waals surface area contributed by atoms with Gasteiger partial charge in [-0.15, -0.1) is 21.5 Å². The summed E-state index contributed by atoms with van der Waals surface area (Å²) < 4.78 is 50.0. The monoisotopic (exact) mass is 1200 g/mol. The quantitative estimate of drug-likeness (QED) is 0.0505. The Morgan fingerprint density at radius 1 is 0.857 bits per heavy atom. The first-order valence-electron chi connectivity index (χ1n) is 28.0. The van der Waals surface area contributed by atoms with Crippen molar-refractivity contribution in [3.05, 3.63) is 122 Å². The van der Waals surface area contributed by atoms with Crippen molar-refractivity contribution in [2.45, 2.75) is 84.3 Å². The van der Waals surface area contributed by atoms with Crippen LogP contribution in [0.1, 0.15) is 106 Å². The Bertz CT molecular complexity index is 3460. The zero-order valence-electron chi connectivity index (χ0n) is 47.6. The fourth-order valence-corrected chi connectivity index (χ4v) is 12.2. The largest absolute Gasteiger partial charge is 0.491 e. The van der Waals surface area contributed by atoms with Crippen LogP contribution in [-0.4, -0.2) is 165 Å². The molecule has 9 rings (SSSR count). The molecule has 1 saturated heterocycles. The van der Waals surface area contributed by atoms with Gasteiger partial charge in [-0.05, 0) is 94.5 Å². The number of hydrogen-bond acceptors (Lipinski definition) is 13. The Morgan fingerprint density at radius 3 is 2.20 bits per heavy atom. The molecule has 3 aliphatic rings. The number of aliphatic imine (C=N–C) groups is 1. The van der Waals surface area contributed by atoms with Crippen LogP contribution in [0.3, 0.4) is 0 Å². The molecule has 0 radical (unpaired) electrons. The van der Waals surface area contributed by atoms with Gasteiger partial charge in [-0.1, -0.05) is 43.0 Å². The second-order valence-corrected chi connectivity index (χ2v) is 22.8. The van der Waals surface area contributed by atoms with Crippen LogP contribution in [0.5, 0.6) is 5.75 Å². The van der Waals surface area contributed by atoms with Gasteiger partial charge in [-0.3, -0.25) is 38.4 Å². The molecule has 0 spiro atoms. The van der Waals surface area contributed by atoms with Crippen molar-refractivity contribution in [1.29, 1.82) is 0 Å². The molecule has 3 aromatic heterocycles. The number of hydrogen-bond donors (Lipinski definition) is 4. The van der Waals surface area contributed by atoms with Crippen molar-refractivity contribution in [2.75, 3.05) is 78.1 Å². The van der Waals surface area contributed by atoms with Crippen molar-refractivity contribution in [3.63, 3.8) is 0 Å². The van der Waals surface area contributed by atoms with Crippen LogP contribution in [0.2, 0.25) is 5.02 Å². The molecule has 0 bridgehead atoms. The predicted molar refractivity (Wildman–Crippen MR) is 312 cm³/mol. The third-order valence-electron chi connectivity index (χ3n) is 15.8. The molecule has 25 heteroatoms. The SMILES string of the molecule is Cc1sc2c(c1C)C(c1ccc(Cl)cc1)=N[C@@H](CC(=O)Nc1ccc(OCCOCCOCCNC(=O)c3c(C(=O)N4CCN(C(=O)[C@@H](NC(=O)[C@H](C)N(C)C(=O)O)C5CCCCC5)CC4)n(C)c4cc(F)c(F)cc34)cc1)c1nnc(C)n1-2. The van der Waals surface area contributed by atoms with Gasteiger partial charge in [-0.25, -0.2) is 13.6 Å². The van der Waals surface area contributed by atoms with Gasteiger partial charge < -0.3 is 49.6 Å². The van der Waals surface area contributed by atoms with Gasteiger partial charge in [-0.2, -0.15) is 0 Å². The summed E-state index contributed by atoms with van der Waals surface area (Å²) in [7, 11) is 2.77. The summed E-state index contributed by atoms with van der Waals surface area (Å²) in [4.78, 5) is 91.1. The first kappa shape index (κ1) is 60.8. The molecular formula is C59H68ClF2N11O10S. The molecule has 3 aromatic carbocycles. The second-order valence-electron chi connectivity index (χ2n) is 21.1. The summed E-state index contributed by atoms with van der Waals surface area (Å²) in [6.07, 6.45) is 2.93. The lowest BCUT2D eigenvalue weighted by Gasteiger charge is -2.39. The van der Waals surface area contributed by atoms with E-state index in [1.165, 1.54) is 30.5 Å². The van der Waals surface area contributed by atoms with Gasteiger partial charge in [0.1, 0.15) is 47.0 Å². The fourth-order valence-electron chi connectivity index (χ4n) is 10.9. The summed E-state index contributed by atoms with van der Waals surface area (Å²) in [5.74, 6) is -3.14. The Hall–Kier alpha value is -7.80. The van der Waals surface area contributed by atoms with E-state index in [4.69, 9.17) is 30.8 Å². The number of benzene rings is 3. The zero-order valence-corrected chi connectivity index (χ0v) is 49.2. The first-order chi connectivity index (χ1) is 40.3. The lowest BCUT2D eigenvalue weighted by Crippen LogP contribution is -2.59. The average molecular weight is 1200 g/mol. The number of carbonyl (C=O) groups excluding carboxylic acids is 5. The highest BCUT2D eigenvalue weighted by atomic mass is 35.5. The molecule has 2 aliphatic heterocycles. The van der Waals surface area contributed by atoms with Gasteiger partial charge in [0.15, 0.2) is 17.5 Å². The standard InChI is InChI=1S/C59H68ClF2N11O10S/c1-33-35(3)84-58-48(33)50(38-12-14-39(60)15-13-38)65-45(53-68-67-36(4)73(53)58)32-47(74)64-40-16-18-41(19-17-40)83-29-28-82-27-26-81-25-20-63-55(76)49-42-30-43(61)44(62)31-46(42)70(6)52(49)57(78)72-23-21-71(22-24-72)56(77)51(37-10-8-7-9-11-37)66-54(75)34(2)69(5)59(79)80/h12-19,30-31,34,37,45,51H,7-11,20-29,32H2,1-6H3,(H,63,76)(H,64,74)(H,66,75)(H,79,80)/t34-,45-,51-/m0/s1. The van der Waals surface area contributed by atoms with E-state index in [0.717, 1.165) is 68.6 Å². The van der Waals surface area contributed by atoms with Crippen LogP contribution < -0.4 is 20.7 Å². The molecule has 4 N–H and O–H groups in total. The highest BCUT2D eigenvalue weighted by Crippen LogP contribution is 2.40. The van der Waals surface area contributed by atoms with E-state index in [9.17, 15) is 42.7 Å². The van der Waals surface area contributed by atoms with Crippen LogP contribution in [0.4, 0.5) is 19.3 Å². The highest BCUT2D eigenvalue weighted by Gasteiger charge is 2.39. The number of nitrogens with zero attached hydrogens (tertiary/aromatic N) is 8. The van der Waals surface area contributed by atoms with Crippen LogP contribution in [0, 0.1) is 38.3 Å². The molecule has 0 unspecified atom stereocenters. The van der Waals surface area contributed by atoms with E-state index in [0.29, 0.717) is 40.9 Å². The lowest BCUT2D eigenvalue weighted by molar-refractivity contribution is -0.140. The molecule has 5 heterocycles. The smallest absolute Gasteiger partial charge is 0.407 e. The summed E-state index contributed by atoms with van der Waals surface area (Å²) >= 11 is 7.89. The Kier molecular flexibility index (Phi) is 19.4. The van der Waals surface area contributed by atoms with Gasteiger partial charge in [0.05, 0.1) is 49.6 Å². The van der Waals surface area contributed by atoms with Crippen LogP contribution in [0.15, 0.2) is 65.7 Å². The van der Waals surface area contributed by atoms with Crippen molar-refractivity contribution < 1.29 is 56.9 Å². The van der Waals surface area contributed by atoms with Crippen molar-refractivity contribution in [3.8, 4) is 10.8 Å². The van der Waals surface area contributed by atoms with Crippen LogP contribution in [-0.2, 0) is 30.9 Å². The number of carbonyl (C=O) groups is 6. The summed E-state index contributed by atoms with van der Waals surface area (Å²) in [6.45, 7) is 8.73. The molecule has 84 heavy (non-hydrogen) atoms. The molecular weight excluding hydrogens is 1130 g/mol. The minimum Gasteiger partial charge on any atom is -0.491 e. The maximum Gasteiger partial charge on any atom is 0.407 e. The third kappa shape index (κ3) is 13.4. The molecule has 1 saturated carbocycles. The Balaban J connectivity index is 0.723. The summed E-state index contributed by atoms with van der Waals surface area (Å²) in [5.41, 5.74) is 4.15. The topological polar surface area (TPSA) is 244 Å².